The van der Waals surface area contributed by atoms with Crippen LogP contribution in [0.1, 0.15) is 5.56 Å². The summed E-state index contributed by atoms with van der Waals surface area (Å²) in [5, 5.41) is 8.67. The molecule has 0 unspecified atom stereocenters. The average molecular weight is 240 g/mol. The van der Waals surface area contributed by atoms with Crippen LogP contribution in [0.3, 0.4) is 0 Å². The molecule has 0 amide bonds. The number of aromatic nitrogens is 2. The number of benzene rings is 1. The number of nitriles is 1. The van der Waals surface area contributed by atoms with Gasteiger partial charge >= 0.3 is 0 Å². The largest absolute Gasteiger partial charge is 0.314 e. The highest BCUT2D eigenvalue weighted by Gasteiger charge is 2.08. The number of rotatable bonds is 0. The van der Waals surface area contributed by atoms with Gasteiger partial charge in [0.2, 0.25) is 0 Å². The second kappa shape index (κ2) is 2.82. The van der Waals surface area contributed by atoms with Gasteiger partial charge in [-0.15, -0.1) is 0 Å². The molecule has 1 aromatic carbocycles. The zero-order valence-electron chi connectivity index (χ0n) is 6.31. The number of aromatic amines is 1. The molecule has 1 aromatic heterocycles. The summed E-state index contributed by atoms with van der Waals surface area (Å²) in [6.07, 6.45) is -0.647. The minimum atomic E-state index is -0.647. The number of fused-ring (bicyclic) bond motifs is 1. The van der Waals surface area contributed by atoms with Crippen LogP contribution in [0.15, 0.2) is 16.6 Å². The van der Waals surface area contributed by atoms with Crippen molar-refractivity contribution in [1.82, 2.24) is 9.97 Å². The van der Waals surface area contributed by atoms with Gasteiger partial charge in [-0.2, -0.15) is 9.65 Å². The van der Waals surface area contributed by atoms with Gasteiger partial charge in [0.15, 0.2) is 0 Å². The number of nitrogens with zero attached hydrogens (tertiary/aromatic N) is 2. The van der Waals surface area contributed by atoms with Crippen molar-refractivity contribution in [2.24, 2.45) is 0 Å². The molecular weight excluding hydrogens is 237 g/mol. The third-order valence-corrected chi connectivity index (χ3v) is 2.49. The van der Waals surface area contributed by atoms with E-state index in [2.05, 4.69) is 25.9 Å². The molecule has 1 N–H and O–H groups in total. The summed E-state index contributed by atoms with van der Waals surface area (Å²) in [6.45, 7) is 0. The smallest absolute Gasteiger partial charge is 0.287 e. The van der Waals surface area contributed by atoms with E-state index >= 15 is 0 Å². The number of hydrogen-bond donors (Lipinski definition) is 1. The van der Waals surface area contributed by atoms with Crippen LogP contribution in [-0.4, -0.2) is 9.97 Å². The van der Waals surface area contributed by atoms with Crippen molar-refractivity contribution < 1.29 is 4.39 Å². The van der Waals surface area contributed by atoms with Crippen LogP contribution >= 0.6 is 15.9 Å². The van der Waals surface area contributed by atoms with Crippen LogP contribution in [0, 0.1) is 17.4 Å². The summed E-state index contributed by atoms with van der Waals surface area (Å²) in [5.74, 6) is 0. The highest BCUT2D eigenvalue weighted by molar-refractivity contribution is 9.10. The van der Waals surface area contributed by atoms with Crippen molar-refractivity contribution in [3.05, 3.63) is 28.2 Å². The van der Waals surface area contributed by atoms with Gasteiger partial charge in [-0.05, 0) is 28.1 Å². The summed E-state index contributed by atoms with van der Waals surface area (Å²) in [7, 11) is 0. The third kappa shape index (κ3) is 1.19. The summed E-state index contributed by atoms with van der Waals surface area (Å²) in [4.78, 5) is 6.03. The summed E-state index contributed by atoms with van der Waals surface area (Å²) in [6, 6.07) is 5.19. The fourth-order valence-corrected chi connectivity index (χ4v) is 1.62. The average Bonchev–Trinajstić information content (AvgIpc) is 2.47. The maximum absolute atomic E-state index is 12.7. The van der Waals surface area contributed by atoms with E-state index < -0.39 is 6.08 Å². The van der Waals surface area contributed by atoms with Crippen LogP contribution in [0.25, 0.3) is 11.0 Å². The highest BCUT2D eigenvalue weighted by atomic mass is 79.9. The van der Waals surface area contributed by atoms with Crippen LogP contribution < -0.4 is 0 Å². The molecule has 2 aromatic rings. The quantitative estimate of drug-likeness (QED) is 0.768. The van der Waals surface area contributed by atoms with Crippen LogP contribution in [0.5, 0.6) is 0 Å². The zero-order chi connectivity index (χ0) is 9.42. The van der Waals surface area contributed by atoms with E-state index in [1.807, 2.05) is 6.07 Å². The molecule has 0 fully saturated rings. The molecule has 64 valence electrons. The number of halogens is 2. The molecule has 0 spiro atoms. The van der Waals surface area contributed by atoms with Gasteiger partial charge in [-0.3, -0.25) is 0 Å². The van der Waals surface area contributed by atoms with E-state index in [1.165, 1.54) is 0 Å². The molecule has 0 saturated heterocycles. The molecule has 0 aliphatic rings. The van der Waals surface area contributed by atoms with Crippen molar-refractivity contribution in [2.75, 3.05) is 0 Å². The normalized spacial score (nSPS) is 10.2. The molecule has 2 rings (SSSR count). The summed E-state index contributed by atoms with van der Waals surface area (Å²) >= 11 is 3.18. The van der Waals surface area contributed by atoms with Gasteiger partial charge in [0.05, 0.1) is 15.6 Å². The van der Waals surface area contributed by atoms with E-state index in [-0.39, 0.29) is 0 Å². The number of hydrogen-bond acceptors (Lipinski definition) is 2. The van der Waals surface area contributed by atoms with E-state index in [0.717, 1.165) is 0 Å². The van der Waals surface area contributed by atoms with E-state index in [0.29, 0.717) is 21.1 Å². The van der Waals surface area contributed by atoms with Crippen molar-refractivity contribution in [2.45, 2.75) is 0 Å². The molecule has 1 heterocycles. The van der Waals surface area contributed by atoms with Crippen molar-refractivity contribution in [3.63, 3.8) is 0 Å². The summed E-state index contributed by atoms with van der Waals surface area (Å²) in [5.41, 5.74) is 1.46. The predicted octanol–water partition coefficient (Wildman–Crippen LogP) is 2.34. The number of nitrogens with one attached hydrogen (secondary N) is 1. The third-order valence-electron chi connectivity index (χ3n) is 1.68. The molecule has 3 nitrogen and oxygen atoms in total. The Morgan fingerprint density at radius 1 is 1.54 bits per heavy atom. The topological polar surface area (TPSA) is 52.5 Å². The maximum Gasteiger partial charge on any atom is 0.287 e. The van der Waals surface area contributed by atoms with Gasteiger partial charge < -0.3 is 4.98 Å². The first kappa shape index (κ1) is 8.20. The SMILES string of the molecule is N#Cc1ccc2[nH]c(F)nc2c1Br. The highest BCUT2D eigenvalue weighted by Crippen LogP contribution is 2.25. The van der Waals surface area contributed by atoms with Gasteiger partial charge in [0, 0.05) is 0 Å². The van der Waals surface area contributed by atoms with Crippen molar-refractivity contribution in [3.8, 4) is 6.07 Å². The lowest BCUT2D eigenvalue weighted by Crippen LogP contribution is -1.79. The van der Waals surface area contributed by atoms with Gasteiger partial charge in [0.25, 0.3) is 6.08 Å². The lowest BCUT2D eigenvalue weighted by molar-refractivity contribution is 0.556. The monoisotopic (exact) mass is 239 g/mol. The Morgan fingerprint density at radius 3 is 3.00 bits per heavy atom. The Labute approximate surface area is 81.3 Å². The Morgan fingerprint density at radius 2 is 2.31 bits per heavy atom. The molecule has 0 aliphatic carbocycles. The Bertz CT molecular complexity index is 512. The lowest BCUT2D eigenvalue weighted by Gasteiger charge is -1.93. The molecular formula is C8H3BrFN3. The second-order valence-corrected chi connectivity index (χ2v) is 3.26. The van der Waals surface area contributed by atoms with Crippen LogP contribution in [0.4, 0.5) is 4.39 Å². The molecule has 5 heteroatoms. The number of imidazole rings is 1. The van der Waals surface area contributed by atoms with Crippen molar-refractivity contribution in [1.29, 1.82) is 5.26 Å². The van der Waals surface area contributed by atoms with E-state index in [9.17, 15) is 4.39 Å². The first-order valence-corrected chi connectivity index (χ1v) is 4.25. The first-order chi connectivity index (χ1) is 6.22. The Balaban J connectivity index is 2.87. The molecule has 0 saturated carbocycles. The Hall–Kier alpha value is -1.41. The van der Waals surface area contributed by atoms with E-state index in [1.54, 1.807) is 12.1 Å². The fourth-order valence-electron chi connectivity index (χ4n) is 1.10. The number of H-pyrrole nitrogens is 1. The lowest BCUT2D eigenvalue weighted by atomic mass is 10.2. The van der Waals surface area contributed by atoms with Gasteiger partial charge in [-0.1, -0.05) is 0 Å². The molecule has 13 heavy (non-hydrogen) atoms. The van der Waals surface area contributed by atoms with Crippen LogP contribution in [0.2, 0.25) is 0 Å². The summed E-state index contributed by atoms with van der Waals surface area (Å²) < 4.78 is 13.2. The molecule has 0 aliphatic heterocycles. The maximum atomic E-state index is 12.7. The molecule has 0 radical (unpaired) electrons. The van der Waals surface area contributed by atoms with Gasteiger partial charge in [0.1, 0.15) is 11.6 Å². The molecule has 0 bridgehead atoms. The standard InChI is InChI=1S/C8H3BrFN3/c9-6-4(3-11)1-2-5-7(6)13-8(10)12-5/h1-2H,(H,12,13). The second-order valence-electron chi connectivity index (χ2n) is 2.46. The van der Waals surface area contributed by atoms with Gasteiger partial charge in [-0.25, -0.2) is 4.98 Å². The minimum Gasteiger partial charge on any atom is -0.314 e. The molecule has 0 atom stereocenters. The first-order valence-electron chi connectivity index (χ1n) is 3.46. The fraction of sp³-hybridized carbons (Fsp3) is 0. The Kier molecular flexibility index (Phi) is 1.78. The van der Waals surface area contributed by atoms with Crippen LogP contribution in [-0.2, 0) is 0 Å². The van der Waals surface area contributed by atoms with E-state index in [4.69, 9.17) is 5.26 Å². The minimum absolute atomic E-state index is 0.441. The predicted molar refractivity (Wildman–Crippen MR) is 48.5 cm³/mol. The van der Waals surface area contributed by atoms with Crippen molar-refractivity contribution >= 4 is 27.0 Å². The zero-order valence-corrected chi connectivity index (χ0v) is 7.89.